The summed E-state index contributed by atoms with van der Waals surface area (Å²) in [6.45, 7) is 0.0648. The fourth-order valence-electron chi connectivity index (χ4n) is 3.62. The van der Waals surface area contributed by atoms with E-state index in [1.807, 2.05) is 24.3 Å². The topological polar surface area (TPSA) is 56.7 Å². The van der Waals surface area contributed by atoms with Crippen molar-refractivity contribution < 1.29 is 17.6 Å². The first-order valence-electron chi connectivity index (χ1n) is 10.4. The number of nitrogens with zero attached hydrogens (tertiary/aromatic N) is 4. The first kappa shape index (κ1) is 23.1. The number of alkyl halides is 3. The number of rotatable bonds is 5. The number of hydrogen-bond acceptors (Lipinski definition) is 4. The second-order valence-electron chi connectivity index (χ2n) is 7.64. The summed E-state index contributed by atoms with van der Waals surface area (Å²) >= 11 is 12.1. The standard InChI is InChI=1S/C25H15Cl2F3N4O/c26-17-9-5-15(6-10-17)23-24(16-7-11-18(27)12-8-16)35-22(31-23)14-34-13-21(32-33-34)19-3-1-2-4-20(19)25(28,29)30/h1-13H,14H2. The molecule has 0 fully saturated rings. The fraction of sp³-hybridized carbons (Fsp3) is 0.0800. The van der Waals surface area contributed by atoms with E-state index in [9.17, 15) is 13.2 Å². The smallest absolute Gasteiger partial charge is 0.417 e. The van der Waals surface area contributed by atoms with Gasteiger partial charge in [-0.25, -0.2) is 9.67 Å². The van der Waals surface area contributed by atoms with Crippen molar-refractivity contribution in [2.45, 2.75) is 12.7 Å². The van der Waals surface area contributed by atoms with Gasteiger partial charge in [0, 0.05) is 26.7 Å². The molecule has 0 saturated heterocycles. The number of benzene rings is 3. The molecule has 0 aliphatic heterocycles. The van der Waals surface area contributed by atoms with Crippen molar-refractivity contribution in [3.63, 3.8) is 0 Å². The van der Waals surface area contributed by atoms with Crippen molar-refractivity contribution in [3.8, 4) is 33.8 Å². The molecule has 0 bridgehead atoms. The van der Waals surface area contributed by atoms with E-state index in [-0.39, 0.29) is 17.8 Å². The summed E-state index contributed by atoms with van der Waals surface area (Å²) in [6, 6.07) is 19.5. The molecule has 3 aromatic carbocycles. The number of hydrogen-bond donors (Lipinski definition) is 0. The van der Waals surface area contributed by atoms with Crippen molar-refractivity contribution in [3.05, 3.63) is 100 Å². The molecule has 0 spiro atoms. The van der Waals surface area contributed by atoms with Crippen molar-refractivity contribution in [2.24, 2.45) is 0 Å². The zero-order chi connectivity index (χ0) is 24.6. The van der Waals surface area contributed by atoms with E-state index in [4.69, 9.17) is 27.6 Å². The average Bonchev–Trinajstić information content (AvgIpc) is 3.47. The van der Waals surface area contributed by atoms with Crippen molar-refractivity contribution in [2.75, 3.05) is 0 Å². The van der Waals surface area contributed by atoms with Crippen molar-refractivity contribution in [1.82, 2.24) is 20.0 Å². The Balaban J connectivity index is 1.50. The van der Waals surface area contributed by atoms with Crippen molar-refractivity contribution in [1.29, 1.82) is 0 Å². The third kappa shape index (κ3) is 4.94. The maximum Gasteiger partial charge on any atom is 0.417 e. The lowest BCUT2D eigenvalue weighted by Gasteiger charge is -2.10. The summed E-state index contributed by atoms with van der Waals surface area (Å²) in [5, 5.41) is 9.08. The van der Waals surface area contributed by atoms with Gasteiger partial charge in [-0.2, -0.15) is 13.2 Å². The molecule has 0 unspecified atom stereocenters. The summed E-state index contributed by atoms with van der Waals surface area (Å²) in [4.78, 5) is 4.63. The Kier molecular flexibility index (Phi) is 6.08. The Labute approximate surface area is 207 Å². The van der Waals surface area contributed by atoms with Crippen LogP contribution < -0.4 is 0 Å². The van der Waals surface area contributed by atoms with Gasteiger partial charge >= 0.3 is 6.18 Å². The zero-order valence-corrected chi connectivity index (χ0v) is 19.3. The van der Waals surface area contributed by atoms with Crippen LogP contribution in [0.15, 0.2) is 83.4 Å². The summed E-state index contributed by atoms with van der Waals surface area (Å²) in [5.41, 5.74) is 1.40. The van der Waals surface area contributed by atoms with Crippen LogP contribution in [0.2, 0.25) is 10.0 Å². The maximum absolute atomic E-state index is 13.4. The predicted octanol–water partition coefficient (Wildman–Crippen LogP) is 7.64. The lowest BCUT2D eigenvalue weighted by molar-refractivity contribution is -0.137. The predicted molar refractivity (Wildman–Crippen MR) is 127 cm³/mol. The summed E-state index contributed by atoms with van der Waals surface area (Å²) in [5.74, 6) is 0.821. The quantitative estimate of drug-likeness (QED) is 0.241. The molecule has 0 aliphatic rings. The average molecular weight is 515 g/mol. The van der Waals surface area contributed by atoms with Gasteiger partial charge in [0.2, 0.25) is 5.89 Å². The van der Waals surface area contributed by atoms with E-state index in [0.717, 1.165) is 17.2 Å². The van der Waals surface area contributed by atoms with Crippen LogP contribution in [0.4, 0.5) is 13.2 Å². The van der Waals surface area contributed by atoms with Gasteiger partial charge in [0.05, 0.1) is 11.8 Å². The monoisotopic (exact) mass is 514 g/mol. The first-order valence-corrected chi connectivity index (χ1v) is 11.1. The van der Waals surface area contributed by atoms with Crippen LogP contribution in [0.1, 0.15) is 11.5 Å². The molecule has 176 valence electrons. The molecule has 0 N–H and O–H groups in total. The van der Waals surface area contributed by atoms with Gasteiger partial charge in [-0.3, -0.25) is 0 Å². The molecule has 2 heterocycles. The molecule has 0 amide bonds. The van der Waals surface area contributed by atoms with Crippen LogP contribution in [0.3, 0.4) is 0 Å². The third-order valence-corrected chi connectivity index (χ3v) is 5.74. The highest BCUT2D eigenvalue weighted by atomic mass is 35.5. The van der Waals surface area contributed by atoms with E-state index < -0.39 is 11.7 Å². The number of halogens is 5. The molecule has 2 aromatic heterocycles. The van der Waals surface area contributed by atoms with E-state index in [2.05, 4.69) is 15.3 Å². The van der Waals surface area contributed by atoms with Crippen LogP contribution >= 0.6 is 23.2 Å². The van der Waals surface area contributed by atoms with Crippen molar-refractivity contribution >= 4 is 23.2 Å². The van der Waals surface area contributed by atoms with Gasteiger partial charge < -0.3 is 4.42 Å². The Morgan fingerprint density at radius 3 is 2.11 bits per heavy atom. The molecular weight excluding hydrogens is 500 g/mol. The zero-order valence-electron chi connectivity index (χ0n) is 17.8. The van der Waals surface area contributed by atoms with Gasteiger partial charge in [-0.1, -0.05) is 58.7 Å². The lowest BCUT2D eigenvalue weighted by atomic mass is 10.1. The molecule has 35 heavy (non-hydrogen) atoms. The molecule has 0 atom stereocenters. The maximum atomic E-state index is 13.4. The molecule has 0 aliphatic carbocycles. The summed E-state index contributed by atoms with van der Waals surface area (Å²) < 4.78 is 47.7. The summed E-state index contributed by atoms with van der Waals surface area (Å²) in [6.07, 6.45) is -3.08. The second-order valence-corrected chi connectivity index (χ2v) is 8.52. The van der Waals surface area contributed by atoms with Gasteiger partial charge in [-0.05, 0) is 42.5 Å². The molecule has 0 saturated carbocycles. The summed E-state index contributed by atoms with van der Waals surface area (Å²) in [7, 11) is 0. The van der Waals surface area contributed by atoms with Crippen LogP contribution in [0.5, 0.6) is 0 Å². The second kappa shape index (κ2) is 9.20. The van der Waals surface area contributed by atoms with Crippen LogP contribution in [0.25, 0.3) is 33.8 Å². The molecule has 5 nitrogen and oxygen atoms in total. The minimum Gasteiger partial charge on any atom is -0.438 e. The molecule has 5 rings (SSSR count). The van der Waals surface area contributed by atoms with Crippen LogP contribution in [-0.4, -0.2) is 20.0 Å². The van der Waals surface area contributed by atoms with E-state index >= 15 is 0 Å². The van der Waals surface area contributed by atoms with E-state index in [1.54, 1.807) is 24.3 Å². The SMILES string of the molecule is FC(F)(F)c1ccccc1-c1cn(Cc2nc(-c3ccc(Cl)cc3)c(-c3ccc(Cl)cc3)o2)nn1. The third-order valence-electron chi connectivity index (χ3n) is 5.24. The minimum atomic E-state index is -4.51. The molecule has 5 aromatic rings. The highest BCUT2D eigenvalue weighted by Crippen LogP contribution is 2.37. The van der Waals surface area contributed by atoms with Gasteiger partial charge in [0.15, 0.2) is 5.76 Å². The lowest BCUT2D eigenvalue weighted by Crippen LogP contribution is -2.06. The Morgan fingerprint density at radius 1 is 0.829 bits per heavy atom. The Morgan fingerprint density at radius 2 is 1.46 bits per heavy atom. The fourth-order valence-corrected chi connectivity index (χ4v) is 3.88. The van der Waals surface area contributed by atoms with Gasteiger partial charge in [-0.15, -0.1) is 5.10 Å². The number of oxazole rings is 1. The van der Waals surface area contributed by atoms with Crippen LogP contribution in [-0.2, 0) is 12.7 Å². The van der Waals surface area contributed by atoms with Gasteiger partial charge in [0.1, 0.15) is 17.9 Å². The minimum absolute atomic E-state index is 0.0534. The number of aromatic nitrogens is 4. The highest BCUT2D eigenvalue weighted by molar-refractivity contribution is 6.31. The Bertz CT molecular complexity index is 1410. The normalized spacial score (nSPS) is 11.7. The van der Waals surface area contributed by atoms with E-state index in [1.165, 1.54) is 29.1 Å². The first-order chi connectivity index (χ1) is 16.8. The van der Waals surface area contributed by atoms with Gasteiger partial charge in [0.25, 0.3) is 0 Å². The molecule has 10 heteroatoms. The van der Waals surface area contributed by atoms with Crippen LogP contribution in [0, 0.1) is 0 Å². The van der Waals surface area contributed by atoms with E-state index in [0.29, 0.717) is 27.4 Å². The molecule has 0 radical (unpaired) electrons. The Hall–Kier alpha value is -3.62. The largest absolute Gasteiger partial charge is 0.438 e. The molecular formula is C25H15Cl2F3N4O. The highest BCUT2D eigenvalue weighted by Gasteiger charge is 2.34.